The summed E-state index contributed by atoms with van der Waals surface area (Å²) in [5, 5.41) is 3.13. The van der Waals surface area contributed by atoms with Crippen molar-refractivity contribution < 1.29 is 44.0 Å². The first-order valence-electron chi connectivity index (χ1n) is 13.7. The van der Waals surface area contributed by atoms with E-state index >= 15 is 0 Å². The van der Waals surface area contributed by atoms with Crippen molar-refractivity contribution in [2.24, 2.45) is 14.1 Å². The molecule has 9 rings (SSSR count). The minimum atomic E-state index is -2.06. The fourth-order valence-corrected chi connectivity index (χ4v) is 15.3. The molecular weight excluding hydrogens is 583 g/mol. The third-order valence-electron chi connectivity index (χ3n) is 9.92. The molecule has 6 heteroatoms. The van der Waals surface area contributed by atoms with Crippen LogP contribution in [0.2, 0.25) is 13.1 Å². The third kappa shape index (κ3) is 2.95. The zero-order chi connectivity index (χ0) is 25.5. The Bertz CT molecular complexity index is 1890. The van der Waals surface area contributed by atoms with Gasteiger partial charge in [-0.25, -0.2) is 0 Å². The molecule has 2 aromatic heterocycles. The first kappa shape index (κ1) is 26.4. The second-order valence-electron chi connectivity index (χ2n) is 12.0. The Morgan fingerprint density at radius 3 is 1.45 bits per heavy atom. The SMILES string of the molecule is Cn1c2c3c4[c](cccc41)[Ti+2][c]1cccc4c1c1c(n4C)-c4ccccc4C1[Si](C)(C)C3c1ccccc1-2.[Cl-].[Cl-]. The van der Waals surface area contributed by atoms with Gasteiger partial charge >= 0.3 is 234 Å². The van der Waals surface area contributed by atoms with Gasteiger partial charge in [-0.15, -0.1) is 0 Å². The van der Waals surface area contributed by atoms with E-state index in [1.54, 1.807) is 40.8 Å². The fraction of sp³-hybridized carbons (Fsp3) is 0.176. The molecule has 0 N–H and O–H groups in total. The second-order valence-corrected chi connectivity index (χ2v) is 18.9. The van der Waals surface area contributed by atoms with Crippen molar-refractivity contribution in [2.75, 3.05) is 0 Å². The Kier molecular flexibility index (Phi) is 5.76. The van der Waals surface area contributed by atoms with Gasteiger partial charge in [0.05, 0.1) is 0 Å². The number of nitrogens with zero attached hydrogens (tertiary/aromatic N) is 2. The van der Waals surface area contributed by atoms with Crippen LogP contribution in [0.1, 0.15) is 33.3 Å². The van der Waals surface area contributed by atoms with Crippen LogP contribution in [0.5, 0.6) is 0 Å². The van der Waals surface area contributed by atoms with Gasteiger partial charge in [-0.2, -0.15) is 0 Å². The summed E-state index contributed by atoms with van der Waals surface area (Å²) in [4.78, 5) is 0. The van der Waals surface area contributed by atoms with E-state index in [1.807, 2.05) is 0 Å². The average molecular weight is 611 g/mol. The predicted octanol–water partition coefficient (Wildman–Crippen LogP) is 0.736. The third-order valence-corrected chi connectivity index (χ3v) is 16.2. The van der Waals surface area contributed by atoms with Crippen molar-refractivity contribution >= 4 is 37.6 Å². The van der Waals surface area contributed by atoms with E-state index in [4.69, 9.17) is 0 Å². The van der Waals surface area contributed by atoms with Crippen LogP contribution < -0.4 is 32.6 Å². The summed E-state index contributed by atoms with van der Waals surface area (Å²) in [5.41, 5.74) is 16.0. The molecule has 2 unspecified atom stereocenters. The van der Waals surface area contributed by atoms with Crippen LogP contribution in [-0.4, -0.2) is 17.2 Å². The number of halogens is 2. The summed E-state index contributed by atoms with van der Waals surface area (Å²) in [5.74, 6) is 0. The number of hydrogen-bond donors (Lipinski definition) is 0. The molecule has 0 bridgehead atoms. The number of benzene rings is 4. The molecule has 0 spiro atoms. The van der Waals surface area contributed by atoms with Crippen molar-refractivity contribution in [3.05, 3.63) is 107 Å². The Hall–Kier alpha value is -2.53. The van der Waals surface area contributed by atoms with Crippen LogP contribution in [-0.2, 0) is 33.2 Å². The molecule has 3 heterocycles. The molecule has 2 atom stereocenters. The van der Waals surface area contributed by atoms with E-state index in [1.165, 1.54) is 33.5 Å². The van der Waals surface area contributed by atoms with Crippen LogP contribution in [0.4, 0.5) is 0 Å². The molecule has 0 fully saturated rings. The summed E-state index contributed by atoms with van der Waals surface area (Å²) in [6.45, 7) is 5.39. The van der Waals surface area contributed by atoms with E-state index in [-0.39, 0.29) is 24.8 Å². The fourth-order valence-electron chi connectivity index (χ4n) is 8.56. The minimum absolute atomic E-state index is 0. The van der Waals surface area contributed by atoms with Crippen LogP contribution in [0.15, 0.2) is 84.9 Å². The van der Waals surface area contributed by atoms with Crippen LogP contribution in [0.25, 0.3) is 44.3 Å². The molecule has 40 heavy (non-hydrogen) atoms. The topological polar surface area (TPSA) is 9.86 Å². The maximum absolute atomic E-state index is 2.70. The number of aryl methyl sites for hydroxylation is 2. The van der Waals surface area contributed by atoms with Gasteiger partial charge in [0.1, 0.15) is 0 Å². The Morgan fingerprint density at radius 2 is 1.00 bits per heavy atom. The average Bonchev–Trinajstić information content (AvgIpc) is 3.61. The van der Waals surface area contributed by atoms with Gasteiger partial charge in [-0.1, -0.05) is 0 Å². The number of fused-ring (bicyclic) bond motifs is 6. The minimum Gasteiger partial charge on any atom is -1.00 e. The standard InChI is InChI=1S/C34H28N2Si.2ClH.Ti/c1-35-27-19-11-9-17-25(27)29-31(35)21-13-5-7-15-23(21)33(29)37(3,4)34-24-16-8-6-14-22(24)32-30(34)26-18-10-12-20-28(26)36(32)2;;;/h5-16,19-20,33-34H,1-4H3;2*1H;/q;;;+2/p-2. The van der Waals surface area contributed by atoms with Crippen molar-refractivity contribution in [1.82, 2.24) is 9.13 Å². The van der Waals surface area contributed by atoms with Gasteiger partial charge in [0.25, 0.3) is 0 Å². The number of rotatable bonds is 0. The molecule has 0 saturated heterocycles. The summed E-state index contributed by atoms with van der Waals surface area (Å²) in [7, 11) is 2.55. The predicted molar refractivity (Wildman–Crippen MR) is 157 cm³/mol. The van der Waals surface area contributed by atoms with Crippen molar-refractivity contribution in [1.29, 1.82) is 0 Å². The van der Waals surface area contributed by atoms with Crippen molar-refractivity contribution in [3.63, 3.8) is 0 Å². The second kappa shape index (κ2) is 8.74. The largest absolute Gasteiger partial charge is 1.00 e. The van der Waals surface area contributed by atoms with Gasteiger partial charge in [-0.05, 0) is 0 Å². The zero-order valence-electron chi connectivity index (χ0n) is 22.9. The molecule has 1 aliphatic heterocycles. The summed E-state index contributed by atoms with van der Waals surface area (Å²) >= 11 is -0.541. The van der Waals surface area contributed by atoms with Gasteiger partial charge < -0.3 is 24.8 Å². The van der Waals surface area contributed by atoms with Gasteiger partial charge in [0, 0.05) is 0 Å². The molecular formula is C34H28Cl2N2SiTi. The van der Waals surface area contributed by atoms with Crippen LogP contribution >= 0.6 is 0 Å². The molecule has 0 saturated carbocycles. The van der Waals surface area contributed by atoms with Gasteiger partial charge in [0.2, 0.25) is 0 Å². The number of aromatic nitrogens is 2. The molecule has 0 radical (unpaired) electrons. The maximum atomic E-state index is 2.70. The zero-order valence-corrected chi connectivity index (χ0v) is 27.0. The molecule has 2 aliphatic carbocycles. The maximum Gasteiger partial charge on any atom is -1.00 e. The normalized spacial score (nSPS) is 18.3. The van der Waals surface area contributed by atoms with Crippen molar-refractivity contribution in [2.45, 2.75) is 24.2 Å². The van der Waals surface area contributed by atoms with E-state index in [0.717, 1.165) is 0 Å². The quantitative estimate of drug-likeness (QED) is 0.225. The molecule has 6 aromatic rings. The van der Waals surface area contributed by atoms with Crippen LogP contribution in [0.3, 0.4) is 0 Å². The molecule has 3 aliphatic rings. The summed E-state index contributed by atoms with van der Waals surface area (Å²) in [6, 6.07) is 32.9. The Balaban J connectivity index is 0.00000132. The van der Waals surface area contributed by atoms with Gasteiger partial charge in [-0.3, -0.25) is 0 Å². The first-order chi connectivity index (χ1) is 18.5. The van der Waals surface area contributed by atoms with E-state index in [0.29, 0.717) is 11.1 Å². The molecule has 4 aromatic carbocycles. The Labute approximate surface area is 257 Å². The monoisotopic (exact) mass is 610 g/mol. The molecule has 196 valence electrons. The van der Waals surface area contributed by atoms with E-state index < -0.39 is 27.2 Å². The smallest absolute Gasteiger partial charge is 1.00 e. The van der Waals surface area contributed by atoms with Crippen molar-refractivity contribution in [3.8, 4) is 22.5 Å². The summed E-state index contributed by atoms with van der Waals surface area (Å²) in [6.07, 6.45) is 0. The first-order valence-corrected chi connectivity index (χ1v) is 18.4. The molecule has 2 nitrogen and oxygen atoms in total. The summed E-state index contributed by atoms with van der Waals surface area (Å²) < 4.78 is 8.23. The molecule has 0 amide bonds. The van der Waals surface area contributed by atoms with Gasteiger partial charge in [0.15, 0.2) is 0 Å². The number of hydrogen-bond acceptors (Lipinski definition) is 0. The van der Waals surface area contributed by atoms with E-state index in [9.17, 15) is 0 Å². The van der Waals surface area contributed by atoms with E-state index in [2.05, 4.69) is 121 Å². The Morgan fingerprint density at radius 1 is 0.575 bits per heavy atom. The van der Waals surface area contributed by atoms with Crippen LogP contribution in [0, 0.1) is 0 Å².